The number of nitrogens with one attached hydrogen (secondary N) is 1. The van der Waals surface area contributed by atoms with Crippen molar-refractivity contribution in [1.82, 2.24) is 15.0 Å². The maximum absolute atomic E-state index is 5.59. The zero-order chi connectivity index (χ0) is 14.4. The topological polar surface area (TPSA) is 95.2 Å². The molecule has 7 nitrogen and oxygen atoms in total. The van der Waals surface area contributed by atoms with Gasteiger partial charge in [0.1, 0.15) is 5.75 Å². The van der Waals surface area contributed by atoms with Crippen molar-refractivity contribution < 1.29 is 9.47 Å². The number of aromatic nitrogens is 3. The van der Waals surface area contributed by atoms with Crippen LogP contribution in [0.25, 0.3) is 0 Å². The zero-order valence-electron chi connectivity index (χ0n) is 10.8. The highest BCUT2D eigenvalue weighted by Crippen LogP contribution is 2.28. The number of benzene rings is 1. The molecular weight excluding hydrogens is 326 g/mol. The smallest absolute Gasteiger partial charge is 0.330 e. The van der Waals surface area contributed by atoms with E-state index in [-0.39, 0.29) is 18.0 Å². The van der Waals surface area contributed by atoms with Gasteiger partial charge in [-0.2, -0.15) is 9.97 Å². The van der Waals surface area contributed by atoms with E-state index >= 15 is 0 Å². The number of halogens is 1. The molecule has 0 spiro atoms. The van der Waals surface area contributed by atoms with Crippen molar-refractivity contribution in [3.8, 4) is 17.8 Å². The maximum Gasteiger partial charge on any atom is 0.330 e. The van der Waals surface area contributed by atoms with Crippen molar-refractivity contribution in [3.05, 3.63) is 28.7 Å². The Morgan fingerprint density at radius 1 is 1.20 bits per heavy atom. The highest BCUT2D eigenvalue weighted by molar-refractivity contribution is 9.10. The standard InChI is InChI=1S/C12H14BrN5O2/c1-2-7-19-11-15-10(18-14)16-12(17-11)20-9-6-4-3-5-8(9)13/h3-6H,2,7,14H2,1H3,(H,15,16,17,18). The van der Waals surface area contributed by atoms with E-state index < -0.39 is 0 Å². The first-order valence-corrected chi connectivity index (χ1v) is 6.80. The van der Waals surface area contributed by atoms with E-state index in [0.29, 0.717) is 12.4 Å². The van der Waals surface area contributed by atoms with Gasteiger partial charge in [-0.15, -0.1) is 4.98 Å². The fourth-order valence-electron chi connectivity index (χ4n) is 1.33. The molecule has 0 saturated heterocycles. The summed E-state index contributed by atoms with van der Waals surface area (Å²) in [4.78, 5) is 12.1. The summed E-state index contributed by atoms with van der Waals surface area (Å²) >= 11 is 3.38. The SMILES string of the molecule is CCCOc1nc(NN)nc(Oc2ccccc2Br)n1. The van der Waals surface area contributed by atoms with E-state index in [1.165, 1.54) is 0 Å². The summed E-state index contributed by atoms with van der Waals surface area (Å²) in [6, 6.07) is 7.64. The number of nitrogens with zero attached hydrogens (tertiary/aromatic N) is 3. The Hall–Kier alpha value is -1.93. The van der Waals surface area contributed by atoms with Gasteiger partial charge >= 0.3 is 12.0 Å². The minimum atomic E-state index is 0.103. The Morgan fingerprint density at radius 3 is 2.65 bits per heavy atom. The molecule has 1 aromatic carbocycles. The lowest BCUT2D eigenvalue weighted by molar-refractivity contribution is 0.285. The van der Waals surface area contributed by atoms with Crippen LogP contribution in [0.2, 0.25) is 0 Å². The first-order valence-electron chi connectivity index (χ1n) is 6.00. The molecule has 0 radical (unpaired) electrons. The molecule has 2 rings (SSSR count). The summed E-state index contributed by atoms with van der Waals surface area (Å²) in [5.41, 5.74) is 2.35. The van der Waals surface area contributed by atoms with Crippen molar-refractivity contribution in [2.45, 2.75) is 13.3 Å². The molecule has 106 valence electrons. The van der Waals surface area contributed by atoms with Gasteiger partial charge in [0, 0.05) is 0 Å². The second-order valence-corrected chi connectivity index (χ2v) is 4.60. The third kappa shape index (κ3) is 3.78. The van der Waals surface area contributed by atoms with Crippen molar-refractivity contribution in [2.24, 2.45) is 5.84 Å². The van der Waals surface area contributed by atoms with E-state index in [4.69, 9.17) is 15.3 Å². The number of ether oxygens (including phenoxy) is 2. The van der Waals surface area contributed by atoms with E-state index in [0.717, 1.165) is 10.9 Å². The van der Waals surface area contributed by atoms with Crippen LogP contribution in [0.1, 0.15) is 13.3 Å². The molecule has 0 aliphatic rings. The zero-order valence-corrected chi connectivity index (χ0v) is 12.4. The molecule has 0 atom stereocenters. The Morgan fingerprint density at radius 2 is 1.95 bits per heavy atom. The van der Waals surface area contributed by atoms with Crippen molar-refractivity contribution in [3.63, 3.8) is 0 Å². The fourth-order valence-corrected chi connectivity index (χ4v) is 1.70. The second-order valence-electron chi connectivity index (χ2n) is 3.75. The van der Waals surface area contributed by atoms with Gasteiger partial charge in [0.15, 0.2) is 0 Å². The quantitative estimate of drug-likeness (QED) is 0.616. The average molecular weight is 340 g/mol. The number of nitrogen functional groups attached to an aromatic ring is 1. The van der Waals surface area contributed by atoms with Crippen molar-refractivity contribution >= 4 is 21.9 Å². The van der Waals surface area contributed by atoms with Crippen LogP contribution in [0, 0.1) is 0 Å². The Kier molecular flexibility index (Phi) is 5.08. The minimum Gasteiger partial charge on any atom is -0.463 e. The van der Waals surface area contributed by atoms with Crippen LogP contribution in [-0.4, -0.2) is 21.6 Å². The van der Waals surface area contributed by atoms with Crippen LogP contribution in [-0.2, 0) is 0 Å². The van der Waals surface area contributed by atoms with Gasteiger partial charge in [-0.3, -0.25) is 5.43 Å². The summed E-state index contributed by atoms with van der Waals surface area (Å²) in [6.07, 6.45) is 0.845. The summed E-state index contributed by atoms with van der Waals surface area (Å²) < 4.78 is 11.7. The van der Waals surface area contributed by atoms with Crippen molar-refractivity contribution in [2.75, 3.05) is 12.0 Å². The molecule has 0 aliphatic heterocycles. The van der Waals surface area contributed by atoms with Crippen LogP contribution < -0.4 is 20.7 Å². The van der Waals surface area contributed by atoms with E-state index in [1.807, 2.05) is 25.1 Å². The normalized spacial score (nSPS) is 10.2. The third-order valence-electron chi connectivity index (χ3n) is 2.20. The highest BCUT2D eigenvalue weighted by atomic mass is 79.9. The van der Waals surface area contributed by atoms with Gasteiger partial charge in [-0.25, -0.2) is 5.84 Å². The van der Waals surface area contributed by atoms with Gasteiger partial charge in [-0.05, 0) is 34.5 Å². The number of anilines is 1. The lowest BCUT2D eigenvalue weighted by Gasteiger charge is -2.09. The molecule has 0 bridgehead atoms. The van der Waals surface area contributed by atoms with E-state index in [1.54, 1.807) is 6.07 Å². The van der Waals surface area contributed by atoms with Gasteiger partial charge in [-0.1, -0.05) is 19.1 Å². The predicted octanol–water partition coefficient (Wildman–Crippen LogP) is 2.50. The predicted molar refractivity (Wildman–Crippen MR) is 77.6 cm³/mol. The lowest BCUT2D eigenvalue weighted by Crippen LogP contribution is -2.13. The molecule has 0 fully saturated rings. The van der Waals surface area contributed by atoms with Crippen LogP contribution in [0.4, 0.5) is 5.95 Å². The average Bonchev–Trinajstić information content (AvgIpc) is 2.47. The van der Waals surface area contributed by atoms with Gasteiger partial charge in [0.2, 0.25) is 5.95 Å². The number of hydrazine groups is 1. The fraction of sp³-hybridized carbons (Fsp3) is 0.250. The van der Waals surface area contributed by atoms with Crippen molar-refractivity contribution in [1.29, 1.82) is 0 Å². The largest absolute Gasteiger partial charge is 0.463 e. The molecule has 3 N–H and O–H groups in total. The Balaban J connectivity index is 2.24. The molecule has 1 heterocycles. The first-order chi connectivity index (χ1) is 9.72. The van der Waals surface area contributed by atoms with E-state index in [2.05, 4.69) is 36.3 Å². The molecular formula is C12H14BrN5O2. The third-order valence-corrected chi connectivity index (χ3v) is 2.85. The van der Waals surface area contributed by atoms with Crippen LogP contribution in [0.3, 0.4) is 0 Å². The second kappa shape index (κ2) is 7.01. The number of para-hydroxylation sites is 1. The summed E-state index contributed by atoms with van der Waals surface area (Å²) in [5.74, 6) is 6.08. The van der Waals surface area contributed by atoms with Crippen LogP contribution in [0.5, 0.6) is 17.8 Å². The van der Waals surface area contributed by atoms with Crippen LogP contribution in [0.15, 0.2) is 28.7 Å². The summed E-state index contributed by atoms with van der Waals surface area (Å²) in [7, 11) is 0. The number of hydrogen-bond donors (Lipinski definition) is 2. The van der Waals surface area contributed by atoms with Crippen LogP contribution >= 0.6 is 15.9 Å². The molecule has 0 saturated carbocycles. The maximum atomic E-state index is 5.59. The monoisotopic (exact) mass is 339 g/mol. The summed E-state index contributed by atoms with van der Waals surface area (Å²) in [5, 5.41) is 0. The Bertz CT molecular complexity index is 582. The molecule has 0 unspecified atom stereocenters. The highest BCUT2D eigenvalue weighted by Gasteiger charge is 2.10. The molecule has 1 aromatic heterocycles. The van der Waals surface area contributed by atoms with Gasteiger partial charge < -0.3 is 9.47 Å². The number of rotatable bonds is 6. The molecule has 20 heavy (non-hydrogen) atoms. The number of hydrogen-bond acceptors (Lipinski definition) is 7. The summed E-state index contributed by atoms with van der Waals surface area (Å²) in [6.45, 7) is 2.49. The van der Waals surface area contributed by atoms with Gasteiger partial charge in [0.05, 0.1) is 11.1 Å². The lowest BCUT2D eigenvalue weighted by atomic mass is 10.3. The Labute approximate surface area is 124 Å². The molecule has 0 amide bonds. The molecule has 0 aliphatic carbocycles. The first kappa shape index (κ1) is 14.5. The molecule has 8 heteroatoms. The van der Waals surface area contributed by atoms with E-state index in [9.17, 15) is 0 Å². The number of nitrogens with two attached hydrogens (primary N) is 1. The molecule has 2 aromatic rings. The van der Waals surface area contributed by atoms with Gasteiger partial charge in [0.25, 0.3) is 0 Å². The minimum absolute atomic E-state index is 0.103.